The first kappa shape index (κ1) is 11.9. The van der Waals surface area contributed by atoms with Gasteiger partial charge in [0.1, 0.15) is 0 Å². The second kappa shape index (κ2) is 5.51. The van der Waals surface area contributed by atoms with Gasteiger partial charge < -0.3 is 14.9 Å². The van der Waals surface area contributed by atoms with Gasteiger partial charge in [0.05, 0.1) is 6.10 Å². The lowest BCUT2D eigenvalue weighted by Gasteiger charge is -2.26. The molecule has 0 radical (unpaired) electrons. The molecule has 0 heterocycles. The fourth-order valence-electron chi connectivity index (χ4n) is 1.14. The predicted molar refractivity (Wildman–Crippen MR) is 52.3 cm³/mol. The van der Waals surface area contributed by atoms with Crippen LogP contribution < -0.4 is 0 Å². The van der Waals surface area contributed by atoms with E-state index in [2.05, 4.69) is 30.8 Å². The van der Waals surface area contributed by atoms with E-state index in [1.807, 2.05) is 14.0 Å². The third-order valence-electron chi connectivity index (χ3n) is 2.03. The van der Waals surface area contributed by atoms with Crippen molar-refractivity contribution in [3.05, 3.63) is 0 Å². The Balaban J connectivity index is 3.61. The zero-order valence-electron chi connectivity index (χ0n) is 8.91. The van der Waals surface area contributed by atoms with Gasteiger partial charge in [-0.25, -0.2) is 0 Å². The third kappa shape index (κ3) is 5.52. The van der Waals surface area contributed by atoms with Crippen molar-refractivity contribution in [2.45, 2.75) is 26.0 Å². The molecule has 0 rings (SSSR count). The highest BCUT2D eigenvalue weighted by Gasteiger charge is 2.09. The van der Waals surface area contributed by atoms with Crippen molar-refractivity contribution < 1.29 is 5.11 Å². The van der Waals surface area contributed by atoms with Crippen LogP contribution in [0.25, 0.3) is 0 Å². The Kier molecular flexibility index (Phi) is 5.46. The Morgan fingerprint density at radius 2 is 1.58 bits per heavy atom. The Morgan fingerprint density at radius 3 is 1.92 bits per heavy atom. The zero-order valence-corrected chi connectivity index (χ0v) is 8.91. The fourth-order valence-corrected chi connectivity index (χ4v) is 1.14. The van der Waals surface area contributed by atoms with Crippen molar-refractivity contribution in [1.29, 1.82) is 0 Å². The average Bonchev–Trinajstić information content (AvgIpc) is 1.84. The molecule has 0 aliphatic rings. The van der Waals surface area contributed by atoms with Crippen LogP contribution in [0.1, 0.15) is 13.8 Å². The smallest absolute Gasteiger partial charge is 0.0638 e. The first-order valence-electron chi connectivity index (χ1n) is 4.46. The molecule has 0 amide bonds. The number of aliphatic hydroxyl groups is 1. The summed E-state index contributed by atoms with van der Waals surface area (Å²) in [5, 5.41) is 9.12. The summed E-state index contributed by atoms with van der Waals surface area (Å²) in [5.41, 5.74) is 0. The van der Waals surface area contributed by atoms with E-state index >= 15 is 0 Å². The second-order valence-electron chi connectivity index (χ2n) is 3.88. The lowest BCUT2D eigenvalue weighted by molar-refractivity contribution is 0.125. The number of likely N-dealkylation sites (N-methyl/N-ethyl adjacent to an activating group) is 2. The van der Waals surface area contributed by atoms with Crippen molar-refractivity contribution in [2.24, 2.45) is 0 Å². The minimum absolute atomic E-state index is 0.232. The van der Waals surface area contributed by atoms with E-state index in [1.54, 1.807) is 0 Å². The van der Waals surface area contributed by atoms with Crippen LogP contribution in [0.15, 0.2) is 0 Å². The van der Waals surface area contributed by atoms with Crippen molar-refractivity contribution in [1.82, 2.24) is 9.80 Å². The van der Waals surface area contributed by atoms with E-state index < -0.39 is 0 Å². The highest BCUT2D eigenvalue weighted by Crippen LogP contribution is 1.96. The third-order valence-corrected chi connectivity index (χ3v) is 2.03. The van der Waals surface area contributed by atoms with Gasteiger partial charge in [-0.3, -0.25) is 0 Å². The predicted octanol–water partition coefficient (Wildman–Crippen LogP) is 0.249. The first-order chi connectivity index (χ1) is 5.43. The standard InChI is InChI=1S/C9H22N2O/c1-8(10(3)4)6-11(5)7-9(2)12/h8-9,12H,6-7H2,1-5H3. The fraction of sp³-hybridized carbons (Fsp3) is 1.00. The minimum Gasteiger partial charge on any atom is -0.392 e. The minimum atomic E-state index is -0.232. The van der Waals surface area contributed by atoms with Gasteiger partial charge in [0.15, 0.2) is 0 Å². The molecule has 0 saturated carbocycles. The Bertz CT molecular complexity index is 115. The van der Waals surface area contributed by atoms with Crippen molar-refractivity contribution in [3.63, 3.8) is 0 Å². The van der Waals surface area contributed by atoms with Crippen LogP contribution in [-0.2, 0) is 0 Å². The van der Waals surface area contributed by atoms with Gasteiger partial charge in [-0.2, -0.15) is 0 Å². The molecule has 0 spiro atoms. The van der Waals surface area contributed by atoms with E-state index in [0.717, 1.165) is 13.1 Å². The summed E-state index contributed by atoms with van der Waals surface area (Å²) in [6.45, 7) is 5.74. The van der Waals surface area contributed by atoms with Gasteiger partial charge in [0, 0.05) is 19.1 Å². The number of hydrogen-bond donors (Lipinski definition) is 1. The van der Waals surface area contributed by atoms with E-state index in [9.17, 15) is 0 Å². The maximum atomic E-state index is 9.12. The molecule has 0 aliphatic carbocycles. The van der Waals surface area contributed by atoms with Gasteiger partial charge in [0.2, 0.25) is 0 Å². The number of nitrogens with zero attached hydrogens (tertiary/aromatic N) is 2. The molecule has 0 fully saturated rings. The lowest BCUT2D eigenvalue weighted by atomic mass is 10.3. The van der Waals surface area contributed by atoms with Crippen LogP contribution in [0.2, 0.25) is 0 Å². The number of rotatable bonds is 5. The Hall–Kier alpha value is -0.120. The Morgan fingerprint density at radius 1 is 1.08 bits per heavy atom. The first-order valence-corrected chi connectivity index (χ1v) is 4.46. The van der Waals surface area contributed by atoms with Crippen LogP contribution in [0.5, 0.6) is 0 Å². The monoisotopic (exact) mass is 174 g/mol. The zero-order chi connectivity index (χ0) is 9.72. The van der Waals surface area contributed by atoms with Gasteiger partial charge in [-0.1, -0.05) is 0 Å². The van der Waals surface area contributed by atoms with E-state index in [1.165, 1.54) is 0 Å². The number of aliphatic hydroxyl groups excluding tert-OH is 1. The van der Waals surface area contributed by atoms with E-state index in [-0.39, 0.29) is 6.10 Å². The van der Waals surface area contributed by atoms with Crippen LogP contribution in [0, 0.1) is 0 Å². The maximum absolute atomic E-state index is 9.12. The van der Waals surface area contributed by atoms with Crippen molar-refractivity contribution >= 4 is 0 Å². The molecule has 0 saturated heterocycles. The normalized spacial score (nSPS) is 17.0. The van der Waals surface area contributed by atoms with Gasteiger partial charge in [-0.15, -0.1) is 0 Å². The highest BCUT2D eigenvalue weighted by molar-refractivity contribution is 4.65. The highest BCUT2D eigenvalue weighted by atomic mass is 16.3. The molecule has 1 N–H and O–H groups in total. The van der Waals surface area contributed by atoms with E-state index in [4.69, 9.17) is 5.11 Å². The molecule has 12 heavy (non-hydrogen) atoms. The topological polar surface area (TPSA) is 26.7 Å². The van der Waals surface area contributed by atoms with Crippen LogP contribution >= 0.6 is 0 Å². The molecular formula is C9H22N2O. The van der Waals surface area contributed by atoms with E-state index in [0.29, 0.717) is 6.04 Å². The SMILES string of the molecule is CC(O)CN(C)CC(C)N(C)C. The summed E-state index contributed by atoms with van der Waals surface area (Å²) in [4.78, 5) is 4.33. The van der Waals surface area contributed by atoms with Crippen LogP contribution in [0.3, 0.4) is 0 Å². The van der Waals surface area contributed by atoms with Gasteiger partial charge in [-0.05, 0) is 35.0 Å². The van der Waals surface area contributed by atoms with Crippen LogP contribution in [-0.4, -0.2) is 61.3 Å². The Labute approximate surface area is 76.0 Å². The van der Waals surface area contributed by atoms with Crippen LogP contribution in [0.4, 0.5) is 0 Å². The maximum Gasteiger partial charge on any atom is 0.0638 e. The van der Waals surface area contributed by atoms with Crippen molar-refractivity contribution in [2.75, 3.05) is 34.2 Å². The molecule has 0 aromatic carbocycles. The number of hydrogen-bond acceptors (Lipinski definition) is 3. The van der Waals surface area contributed by atoms with Gasteiger partial charge in [0.25, 0.3) is 0 Å². The summed E-state index contributed by atoms with van der Waals surface area (Å²) in [6, 6.07) is 0.536. The largest absolute Gasteiger partial charge is 0.392 e. The molecule has 74 valence electrons. The summed E-state index contributed by atoms with van der Waals surface area (Å²) in [6.07, 6.45) is -0.232. The molecular weight excluding hydrogens is 152 g/mol. The average molecular weight is 174 g/mol. The van der Waals surface area contributed by atoms with Gasteiger partial charge >= 0.3 is 0 Å². The molecule has 2 atom stereocenters. The van der Waals surface area contributed by atoms with Crippen molar-refractivity contribution in [3.8, 4) is 0 Å². The molecule has 0 aromatic heterocycles. The lowest BCUT2D eigenvalue weighted by Crippen LogP contribution is -2.39. The summed E-state index contributed by atoms with van der Waals surface area (Å²) < 4.78 is 0. The molecule has 3 heteroatoms. The quantitative estimate of drug-likeness (QED) is 0.647. The molecule has 0 aromatic rings. The molecule has 2 unspecified atom stereocenters. The summed E-state index contributed by atoms with van der Waals surface area (Å²) in [7, 11) is 6.18. The molecule has 0 bridgehead atoms. The summed E-state index contributed by atoms with van der Waals surface area (Å²) in [5.74, 6) is 0. The second-order valence-corrected chi connectivity index (χ2v) is 3.88. The molecule has 3 nitrogen and oxygen atoms in total. The summed E-state index contributed by atoms with van der Waals surface area (Å²) >= 11 is 0. The molecule has 0 aliphatic heterocycles.